The van der Waals surface area contributed by atoms with Crippen molar-refractivity contribution in [1.29, 1.82) is 0 Å². The summed E-state index contributed by atoms with van der Waals surface area (Å²) in [5.74, 6) is -0.461. The number of methoxy groups -OCH3 is 1. The number of ketones is 1. The van der Waals surface area contributed by atoms with Crippen molar-refractivity contribution < 1.29 is 23.5 Å². The van der Waals surface area contributed by atoms with Crippen LogP contribution in [0, 0.1) is 0 Å². The van der Waals surface area contributed by atoms with Gasteiger partial charge in [-0.1, -0.05) is 18.2 Å². The zero-order valence-corrected chi connectivity index (χ0v) is 14.9. The van der Waals surface area contributed by atoms with Gasteiger partial charge in [0, 0.05) is 16.5 Å². The molecule has 0 amide bonds. The zero-order valence-electron chi connectivity index (χ0n) is 14.9. The summed E-state index contributed by atoms with van der Waals surface area (Å²) in [4.78, 5) is 25.3. The molecule has 134 valence electrons. The molecule has 0 radical (unpaired) electrons. The van der Waals surface area contributed by atoms with Crippen molar-refractivity contribution in [2.24, 2.45) is 0 Å². The fourth-order valence-electron chi connectivity index (χ4n) is 2.92. The first-order chi connectivity index (χ1) is 12.6. The third-order valence-corrected chi connectivity index (χ3v) is 4.27. The van der Waals surface area contributed by atoms with Gasteiger partial charge in [0.1, 0.15) is 11.3 Å². The van der Waals surface area contributed by atoms with Gasteiger partial charge in [-0.2, -0.15) is 0 Å². The summed E-state index contributed by atoms with van der Waals surface area (Å²) in [5, 5.41) is 0.741. The second-order valence-electron chi connectivity index (χ2n) is 5.87. The van der Waals surface area contributed by atoms with Crippen LogP contribution in [-0.4, -0.2) is 25.5 Å². The van der Waals surface area contributed by atoms with Crippen LogP contribution in [-0.2, 0) is 9.53 Å². The average molecular weight is 352 g/mol. The SMILES string of the molecule is CCOC(=O)C(C)c1c(C(=O)c2ccc(OC)cc2)oc2ccccc12. The Balaban J connectivity index is 2.10. The first-order valence-electron chi connectivity index (χ1n) is 8.43. The van der Waals surface area contributed by atoms with Crippen molar-refractivity contribution in [2.45, 2.75) is 19.8 Å². The maximum Gasteiger partial charge on any atom is 0.313 e. The van der Waals surface area contributed by atoms with Crippen LogP contribution in [0.15, 0.2) is 52.9 Å². The molecule has 0 bridgehead atoms. The van der Waals surface area contributed by atoms with Crippen molar-refractivity contribution >= 4 is 22.7 Å². The molecule has 0 aliphatic rings. The quantitative estimate of drug-likeness (QED) is 0.488. The Morgan fingerprint density at radius 3 is 2.42 bits per heavy atom. The van der Waals surface area contributed by atoms with Crippen molar-refractivity contribution in [3.05, 3.63) is 65.4 Å². The van der Waals surface area contributed by atoms with Crippen molar-refractivity contribution in [3.63, 3.8) is 0 Å². The Morgan fingerprint density at radius 1 is 1.08 bits per heavy atom. The van der Waals surface area contributed by atoms with E-state index >= 15 is 0 Å². The van der Waals surface area contributed by atoms with Crippen LogP contribution in [0.2, 0.25) is 0 Å². The smallest absolute Gasteiger partial charge is 0.313 e. The number of hydrogen-bond acceptors (Lipinski definition) is 5. The van der Waals surface area contributed by atoms with E-state index in [1.807, 2.05) is 18.2 Å². The predicted octanol–water partition coefficient (Wildman–Crippen LogP) is 4.34. The number of furan rings is 1. The highest BCUT2D eigenvalue weighted by Crippen LogP contribution is 2.34. The summed E-state index contributed by atoms with van der Waals surface area (Å²) in [6, 6.07) is 14.1. The van der Waals surface area contributed by atoms with Crippen molar-refractivity contribution in [2.75, 3.05) is 13.7 Å². The first-order valence-corrected chi connectivity index (χ1v) is 8.43. The zero-order chi connectivity index (χ0) is 18.7. The number of para-hydroxylation sites is 1. The molecule has 3 rings (SSSR count). The van der Waals surface area contributed by atoms with Crippen LogP contribution in [0.5, 0.6) is 5.75 Å². The summed E-state index contributed by atoms with van der Waals surface area (Å²) in [6.07, 6.45) is 0. The molecule has 0 spiro atoms. The average Bonchev–Trinajstić information content (AvgIpc) is 3.06. The van der Waals surface area contributed by atoms with Gasteiger partial charge in [0.15, 0.2) is 5.76 Å². The summed E-state index contributed by atoms with van der Waals surface area (Å²) in [5.41, 5.74) is 1.58. The minimum absolute atomic E-state index is 0.164. The van der Waals surface area contributed by atoms with Crippen LogP contribution in [0.1, 0.15) is 41.4 Å². The van der Waals surface area contributed by atoms with Crippen LogP contribution in [0.4, 0.5) is 0 Å². The lowest BCUT2D eigenvalue weighted by atomic mass is 9.94. The summed E-state index contributed by atoms with van der Waals surface area (Å²) in [7, 11) is 1.56. The number of benzene rings is 2. The molecule has 0 aliphatic carbocycles. The highest BCUT2D eigenvalue weighted by Gasteiger charge is 2.29. The van der Waals surface area contributed by atoms with E-state index < -0.39 is 5.92 Å². The molecule has 1 aromatic heterocycles. The fraction of sp³-hybridized carbons (Fsp3) is 0.238. The number of ether oxygens (including phenoxy) is 2. The summed E-state index contributed by atoms with van der Waals surface area (Å²) < 4.78 is 16.1. The Hall–Kier alpha value is -3.08. The molecule has 26 heavy (non-hydrogen) atoms. The lowest BCUT2D eigenvalue weighted by molar-refractivity contribution is -0.144. The number of esters is 1. The van der Waals surface area contributed by atoms with Gasteiger partial charge in [-0.25, -0.2) is 0 Å². The van der Waals surface area contributed by atoms with Crippen LogP contribution < -0.4 is 4.74 Å². The highest BCUT2D eigenvalue weighted by atomic mass is 16.5. The van der Waals surface area contributed by atoms with Gasteiger partial charge < -0.3 is 13.9 Å². The molecule has 1 unspecified atom stereocenters. The molecule has 0 saturated carbocycles. The molecule has 0 fully saturated rings. The number of rotatable bonds is 6. The van der Waals surface area contributed by atoms with Gasteiger partial charge in [-0.3, -0.25) is 9.59 Å². The van der Waals surface area contributed by atoms with E-state index in [0.29, 0.717) is 22.5 Å². The molecule has 3 aromatic rings. The van der Waals surface area contributed by atoms with Gasteiger partial charge in [0.05, 0.1) is 19.6 Å². The normalized spacial score (nSPS) is 12.0. The standard InChI is InChI=1S/C21H20O5/c1-4-25-21(23)13(2)18-16-7-5-6-8-17(16)26-20(18)19(22)14-9-11-15(24-3)12-10-14/h5-13H,4H2,1-3H3. The maximum absolute atomic E-state index is 13.0. The van der Waals surface area contributed by atoms with Crippen molar-refractivity contribution in [1.82, 2.24) is 0 Å². The predicted molar refractivity (Wildman–Crippen MR) is 97.7 cm³/mol. The molecule has 0 aliphatic heterocycles. The minimum atomic E-state index is -0.615. The molecule has 1 atom stereocenters. The molecular formula is C21H20O5. The molecule has 5 nitrogen and oxygen atoms in total. The summed E-state index contributed by atoms with van der Waals surface area (Å²) >= 11 is 0. The minimum Gasteiger partial charge on any atom is -0.497 e. The van der Waals surface area contributed by atoms with Crippen LogP contribution in [0.25, 0.3) is 11.0 Å². The Kier molecular flexibility index (Phi) is 5.07. The summed E-state index contributed by atoms with van der Waals surface area (Å²) in [6.45, 7) is 3.75. The lowest BCUT2D eigenvalue weighted by Gasteiger charge is -2.11. The number of hydrogen-bond donors (Lipinski definition) is 0. The topological polar surface area (TPSA) is 65.7 Å². The number of carbonyl (C=O) groups excluding carboxylic acids is 2. The first kappa shape index (κ1) is 17.7. The van der Waals surface area contributed by atoms with E-state index in [0.717, 1.165) is 5.39 Å². The van der Waals surface area contributed by atoms with Gasteiger partial charge in [-0.05, 0) is 44.2 Å². The van der Waals surface area contributed by atoms with Gasteiger partial charge in [0.25, 0.3) is 0 Å². The van der Waals surface area contributed by atoms with Crippen LogP contribution >= 0.6 is 0 Å². The number of carbonyl (C=O) groups is 2. The van der Waals surface area contributed by atoms with E-state index in [-0.39, 0.29) is 24.1 Å². The Bertz CT molecular complexity index is 937. The monoisotopic (exact) mass is 352 g/mol. The fourth-order valence-corrected chi connectivity index (χ4v) is 2.92. The Morgan fingerprint density at radius 2 is 1.77 bits per heavy atom. The van der Waals surface area contributed by atoms with Crippen LogP contribution in [0.3, 0.4) is 0 Å². The van der Waals surface area contributed by atoms with E-state index in [1.54, 1.807) is 51.3 Å². The lowest BCUT2D eigenvalue weighted by Crippen LogP contribution is -2.15. The van der Waals surface area contributed by atoms with E-state index in [1.165, 1.54) is 0 Å². The molecular weight excluding hydrogens is 332 g/mol. The maximum atomic E-state index is 13.0. The second kappa shape index (κ2) is 7.44. The van der Waals surface area contributed by atoms with Gasteiger partial charge in [-0.15, -0.1) is 0 Å². The molecule has 0 saturated heterocycles. The van der Waals surface area contributed by atoms with Gasteiger partial charge >= 0.3 is 5.97 Å². The van der Waals surface area contributed by atoms with E-state index in [9.17, 15) is 9.59 Å². The molecule has 5 heteroatoms. The third-order valence-electron chi connectivity index (χ3n) is 4.27. The molecule has 0 N–H and O–H groups in total. The largest absolute Gasteiger partial charge is 0.497 e. The third kappa shape index (κ3) is 3.20. The van der Waals surface area contributed by atoms with E-state index in [4.69, 9.17) is 13.9 Å². The second-order valence-corrected chi connectivity index (χ2v) is 5.87. The highest BCUT2D eigenvalue weighted by molar-refractivity contribution is 6.11. The Labute approximate surface area is 151 Å². The molecule has 1 heterocycles. The molecule has 2 aromatic carbocycles. The van der Waals surface area contributed by atoms with Crippen molar-refractivity contribution in [3.8, 4) is 5.75 Å². The van der Waals surface area contributed by atoms with Gasteiger partial charge in [0.2, 0.25) is 5.78 Å². The number of fused-ring (bicyclic) bond motifs is 1. The van der Waals surface area contributed by atoms with E-state index in [2.05, 4.69) is 0 Å².